The van der Waals surface area contributed by atoms with Crippen molar-refractivity contribution in [2.24, 2.45) is 0 Å². The maximum atomic E-state index is 13.8. The van der Waals surface area contributed by atoms with Gasteiger partial charge < -0.3 is 4.57 Å². The summed E-state index contributed by atoms with van der Waals surface area (Å²) >= 11 is 0. The second-order valence-electron chi connectivity index (χ2n) is 6.33. The summed E-state index contributed by atoms with van der Waals surface area (Å²) in [5.74, 6) is -0.483. The van der Waals surface area contributed by atoms with Gasteiger partial charge in [0.15, 0.2) is 11.2 Å². The van der Waals surface area contributed by atoms with Crippen LogP contribution >= 0.6 is 0 Å². The van der Waals surface area contributed by atoms with E-state index in [-0.39, 0.29) is 17.7 Å². The fourth-order valence-electron chi connectivity index (χ4n) is 3.21. The van der Waals surface area contributed by atoms with Crippen LogP contribution in [0.3, 0.4) is 0 Å². The SMILES string of the molecule is C=CCn1cnc2c1c(=O)n(Cc1ccccc1)c(=O)n2-c1cccc(F)c1. The summed E-state index contributed by atoms with van der Waals surface area (Å²) in [6, 6.07) is 14.9. The van der Waals surface area contributed by atoms with E-state index < -0.39 is 17.1 Å². The number of aromatic nitrogens is 4. The van der Waals surface area contributed by atoms with Crippen molar-refractivity contribution < 1.29 is 4.39 Å². The summed E-state index contributed by atoms with van der Waals surface area (Å²) < 4.78 is 17.8. The van der Waals surface area contributed by atoms with Crippen molar-refractivity contribution in [3.05, 3.63) is 106 Å². The first-order valence-electron chi connectivity index (χ1n) is 8.71. The smallest absolute Gasteiger partial charge is 0.321 e. The Kier molecular flexibility index (Phi) is 4.49. The molecule has 0 aliphatic heterocycles. The van der Waals surface area contributed by atoms with Gasteiger partial charge in [0.05, 0.1) is 18.6 Å². The summed E-state index contributed by atoms with van der Waals surface area (Å²) in [5, 5.41) is 0. The Balaban J connectivity index is 2.06. The van der Waals surface area contributed by atoms with Gasteiger partial charge in [0.1, 0.15) is 5.82 Å². The third kappa shape index (κ3) is 2.96. The Bertz CT molecular complexity index is 1290. The van der Waals surface area contributed by atoms with Gasteiger partial charge in [-0.05, 0) is 23.8 Å². The van der Waals surface area contributed by atoms with Crippen molar-refractivity contribution in [1.29, 1.82) is 0 Å². The molecule has 7 heteroatoms. The maximum absolute atomic E-state index is 13.8. The second-order valence-corrected chi connectivity index (χ2v) is 6.33. The zero-order valence-corrected chi connectivity index (χ0v) is 15.0. The Labute approximate surface area is 159 Å². The van der Waals surface area contributed by atoms with Crippen LogP contribution in [0.15, 0.2) is 83.2 Å². The molecule has 0 atom stereocenters. The number of nitrogens with zero attached hydrogens (tertiary/aromatic N) is 4. The van der Waals surface area contributed by atoms with Gasteiger partial charge >= 0.3 is 5.69 Å². The summed E-state index contributed by atoms with van der Waals surface area (Å²) in [6.45, 7) is 4.16. The number of benzene rings is 2. The molecule has 0 saturated carbocycles. The Hall–Kier alpha value is -3.74. The van der Waals surface area contributed by atoms with Crippen LogP contribution in [0.4, 0.5) is 4.39 Å². The molecule has 140 valence electrons. The molecule has 0 spiro atoms. The van der Waals surface area contributed by atoms with Crippen LogP contribution in [-0.4, -0.2) is 18.7 Å². The highest BCUT2D eigenvalue weighted by Crippen LogP contribution is 2.14. The topological polar surface area (TPSA) is 61.8 Å². The third-order valence-corrected chi connectivity index (χ3v) is 4.48. The molecule has 0 aliphatic carbocycles. The van der Waals surface area contributed by atoms with Gasteiger partial charge in [-0.15, -0.1) is 6.58 Å². The predicted octanol–water partition coefficient (Wildman–Crippen LogP) is 2.72. The van der Waals surface area contributed by atoms with E-state index >= 15 is 0 Å². The third-order valence-electron chi connectivity index (χ3n) is 4.48. The van der Waals surface area contributed by atoms with Crippen LogP contribution in [0.2, 0.25) is 0 Å². The van der Waals surface area contributed by atoms with E-state index in [1.165, 1.54) is 29.1 Å². The highest BCUT2D eigenvalue weighted by molar-refractivity contribution is 5.72. The van der Waals surface area contributed by atoms with Gasteiger partial charge in [0.2, 0.25) is 0 Å². The zero-order valence-electron chi connectivity index (χ0n) is 15.0. The molecule has 0 amide bonds. The van der Waals surface area contributed by atoms with E-state index in [1.54, 1.807) is 16.7 Å². The minimum Gasteiger partial charge on any atom is -0.321 e. The minimum absolute atomic E-state index is 0.100. The van der Waals surface area contributed by atoms with Crippen LogP contribution in [0.1, 0.15) is 5.56 Å². The molecule has 0 radical (unpaired) electrons. The standard InChI is InChI=1S/C21H17FN4O2/c1-2-11-24-14-23-19-18(24)20(27)25(13-15-7-4-3-5-8-15)21(28)26(19)17-10-6-9-16(22)12-17/h2-10,12,14H,1,11,13H2. The molecule has 4 aromatic rings. The molecule has 4 rings (SSSR count). The molecule has 0 unspecified atom stereocenters. The van der Waals surface area contributed by atoms with E-state index in [0.29, 0.717) is 12.2 Å². The molecule has 0 aliphatic rings. The number of hydrogen-bond acceptors (Lipinski definition) is 3. The number of fused-ring (bicyclic) bond motifs is 1. The Morgan fingerprint density at radius 2 is 1.86 bits per heavy atom. The molecular formula is C21H17FN4O2. The molecule has 2 aromatic heterocycles. The average molecular weight is 376 g/mol. The Morgan fingerprint density at radius 3 is 2.57 bits per heavy atom. The number of rotatable bonds is 5. The van der Waals surface area contributed by atoms with Crippen LogP contribution in [-0.2, 0) is 13.1 Å². The predicted molar refractivity (Wildman–Crippen MR) is 105 cm³/mol. The molecule has 0 N–H and O–H groups in total. The summed E-state index contributed by atoms with van der Waals surface area (Å²) in [7, 11) is 0. The molecular weight excluding hydrogens is 359 g/mol. The lowest BCUT2D eigenvalue weighted by Gasteiger charge is -2.12. The van der Waals surface area contributed by atoms with Crippen molar-refractivity contribution in [1.82, 2.24) is 18.7 Å². The zero-order chi connectivity index (χ0) is 19.7. The van der Waals surface area contributed by atoms with Gasteiger partial charge in [-0.3, -0.25) is 9.36 Å². The normalized spacial score (nSPS) is 11.0. The van der Waals surface area contributed by atoms with Crippen LogP contribution in [0, 0.1) is 5.82 Å². The largest absolute Gasteiger partial charge is 0.337 e. The van der Waals surface area contributed by atoms with Crippen LogP contribution < -0.4 is 11.2 Å². The maximum Gasteiger partial charge on any atom is 0.337 e. The fraction of sp³-hybridized carbons (Fsp3) is 0.0952. The average Bonchev–Trinajstić information content (AvgIpc) is 3.10. The molecule has 2 aromatic carbocycles. The first-order chi connectivity index (χ1) is 13.6. The quantitative estimate of drug-likeness (QED) is 0.503. The van der Waals surface area contributed by atoms with Gasteiger partial charge in [0.25, 0.3) is 5.56 Å². The van der Waals surface area contributed by atoms with Gasteiger partial charge in [0, 0.05) is 6.54 Å². The van der Waals surface area contributed by atoms with Crippen molar-refractivity contribution in [3.63, 3.8) is 0 Å². The number of allylic oxidation sites excluding steroid dienone is 1. The Morgan fingerprint density at radius 1 is 1.07 bits per heavy atom. The molecule has 6 nitrogen and oxygen atoms in total. The first-order valence-corrected chi connectivity index (χ1v) is 8.71. The van der Waals surface area contributed by atoms with Crippen LogP contribution in [0.5, 0.6) is 0 Å². The lowest BCUT2D eigenvalue weighted by atomic mass is 10.2. The molecule has 28 heavy (non-hydrogen) atoms. The molecule has 0 fully saturated rings. The second kappa shape index (κ2) is 7.11. The van der Waals surface area contributed by atoms with E-state index in [1.807, 2.05) is 30.3 Å². The molecule has 0 bridgehead atoms. The van der Waals surface area contributed by atoms with Gasteiger partial charge in [-0.25, -0.2) is 18.7 Å². The number of imidazole rings is 1. The lowest BCUT2D eigenvalue weighted by molar-refractivity contribution is 0.624. The lowest BCUT2D eigenvalue weighted by Crippen LogP contribution is -2.40. The van der Waals surface area contributed by atoms with E-state index in [9.17, 15) is 14.0 Å². The van der Waals surface area contributed by atoms with Crippen molar-refractivity contribution in [2.45, 2.75) is 13.1 Å². The van der Waals surface area contributed by atoms with E-state index in [2.05, 4.69) is 11.6 Å². The summed E-state index contributed by atoms with van der Waals surface area (Å²) in [5.41, 5.74) is 0.542. The molecule has 0 saturated heterocycles. The number of hydrogen-bond donors (Lipinski definition) is 0. The molecule has 2 heterocycles. The van der Waals surface area contributed by atoms with Crippen molar-refractivity contribution in [3.8, 4) is 5.69 Å². The highest BCUT2D eigenvalue weighted by Gasteiger charge is 2.19. The van der Waals surface area contributed by atoms with E-state index in [0.717, 1.165) is 10.1 Å². The summed E-state index contributed by atoms with van der Waals surface area (Å²) in [6.07, 6.45) is 3.12. The monoisotopic (exact) mass is 376 g/mol. The van der Waals surface area contributed by atoms with Gasteiger partial charge in [-0.2, -0.15) is 0 Å². The fourth-order valence-corrected chi connectivity index (χ4v) is 3.21. The van der Waals surface area contributed by atoms with Crippen molar-refractivity contribution >= 4 is 11.2 Å². The van der Waals surface area contributed by atoms with Gasteiger partial charge in [-0.1, -0.05) is 42.5 Å². The minimum atomic E-state index is -0.573. The first kappa shape index (κ1) is 17.7. The van der Waals surface area contributed by atoms with Crippen LogP contribution in [0.25, 0.3) is 16.9 Å². The van der Waals surface area contributed by atoms with Crippen molar-refractivity contribution in [2.75, 3.05) is 0 Å². The summed E-state index contributed by atoms with van der Waals surface area (Å²) in [4.78, 5) is 30.6. The highest BCUT2D eigenvalue weighted by atomic mass is 19.1. The number of halogens is 1. The van der Waals surface area contributed by atoms with E-state index in [4.69, 9.17) is 0 Å².